The topological polar surface area (TPSA) is 56.7 Å². The molecule has 7 aromatic carbocycles. The Hall–Kier alpha value is -6.56. The molecular formula is C45H27ClN4O. The van der Waals surface area contributed by atoms with E-state index in [9.17, 15) is 0 Å². The molecule has 0 radical (unpaired) electrons. The third-order valence-electron chi connectivity index (χ3n) is 9.53. The van der Waals surface area contributed by atoms with Gasteiger partial charge in [0.1, 0.15) is 11.2 Å². The molecule has 0 unspecified atom stereocenters. The summed E-state index contributed by atoms with van der Waals surface area (Å²) in [6.45, 7) is 0. The largest absolute Gasteiger partial charge is 0.456 e. The van der Waals surface area contributed by atoms with Gasteiger partial charge >= 0.3 is 0 Å². The number of hydrogen-bond donors (Lipinski definition) is 0. The first-order valence-electron chi connectivity index (χ1n) is 16.8. The maximum absolute atomic E-state index is 6.64. The summed E-state index contributed by atoms with van der Waals surface area (Å²) in [7, 11) is 0. The molecule has 0 N–H and O–H groups in total. The predicted molar refractivity (Wildman–Crippen MR) is 208 cm³/mol. The Bertz CT molecular complexity index is 2930. The quantitative estimate of drug-likeness (QED) is 0.182. The first-order valence-corrected chi connectivity index (χ1v) is 17.2. The van der Waals surface area contributed by atoms with Crippen LogP contribution in [0.3, 0.4) is 0 Å². The Balaban J connectivity index is 1.17. The van der Waals surface area contributed by atoms with Crippen LogP contribution in [-0.4, -0.2) is 19.5 Å². The van der Waals surface area contributed by atoms with Crippen LogP contribution in [0.15, 0.2) is 168 Å². The van der Waals surface area contributed by atoms with Crippen molar-refractivity contribution < 1.29 is 4.42 Å². The Kier molecular flexibility index (Phi) is 6.79. The molecule has 240 valence electrons. The molecule has 3 heterocycles. The van der Waals surface area contributed by atoms with E-state index in [2.05, 4.69) is 108 Å². The maximum Gasteiger partial charge on any atom is 0.238 e. The van der Waals surface area contributed by atoms with Crippen LogP contribution in [0.2, 0.25) is 5.02 Å². The van der Waals surface area contributed by atoms with Crippen molar-refractivity contribution in [2.24, 2.45) is 0 Å². The Morgan fingerprint density at radius 3 is 1.84 bits per heavy atom. The van der Waals surface area contributed by atoms with Gasteiger partial charge in [-0.25, -0.2) is 4.98 Å². The molecule has 0 saturated heterocycles. The molecule has 0 saturated carbocycles. The highest BCUT2D eigenvalue weighted by atomic mass is 35.5. The lowest BCUT2D eigenvalue weighted by atomic mass is 10.0. The minimum Gasteiger partial charge on any atom is -0.456 e. The smallest absolute Gasteiger partial charge is 0.238 e. The third-order valence-corrected chi connectivity index (χ3v) is 9.85. The van der Waals surface area contributed by atoms with E-state index in [0.29, 0.717) is 22.6 Å². The van der Waals surface area contributed by atoms with Crippen molar-refractivity contribution >= 4 is 55.3 Å². The van der Waals surface area contributed by atoms with Crippen LogP contribution < -0.4 is 0 Å². The standard InChI is InChI=1S/C45H27ClN4O/c46-37-18-10-20-41-42(37)36-27-32(22-24-40(36)51-41)31-21-23-39-35(26-31)34-17-7-8-19-38(34)50(39)45-48-43(29-13-5-2-6-14-29)47-44(49-45)33-16-9-15-30(25-33)28-11-3-1-4-12-28/h1-27H. The van der Waals surface area contributed by atoms with Gasteiger partial charge in [0.2, 0.25) is 5.95 Å². The summed E-state index contributed by atoms with van der Waals surface area (Å²) >= 11 is 6.64. The van der Waals surface area contributed by atoms with Gasteiger partial charge in [-0.1, -0.05) is 127 Å². The number of hydrogen-bond acceptors (Lipinski definition) is 4. The van der Waals surface area contributed by atoms with E-state index in [1.54, 1.807) is 0 Å². The number of furan rings is 1. The van der Waals surface area contributed by atoms with Crippen molar-refractivity contribution in [1.29, 1.82) is 0 Å². The van der Waals surface area contributed by atoms with E-state index in [-0.39, 0.29) is 0 Å². The Morgan fingerprint density at radius 1 is 0.412 bits per heavy atom. The van der Waals surface area contributed by atoms with Gasteiger partial charge < -0.3 is 4.42 Å². The normalized spacial score (nSPS) is 11.6. The minimum atomic E-state index is 0.559. The van der Waals surface area contributed by atoms with Crippen LogP contribution in [0.5, 0.6) is 0 Å². The van der Waals surface area contributed by atoms with Gasteiger partial charge in [0.25, 0.3) is 0 Å². The van der Waals surface area contributed by atoms with Crippen molar-refractivity contribution in [1.82, 2.24) is 19.5 Å². The van der Waals surface area contributed by atoms with E-state index in [1.165, 1.54) is 0 Å². The summed E-state index contributed by atoms with van der Waals surface area (Å²) < 4.78 is 8.26. The number of rotatable bonds is 5. The highest BCUT2D eigenvalue weighted by Gasteiger charge is 2.19. The lowest BCUT2D eigenvalue weighted by Crippen LogP contribution is -2.06. The van der Waals surface area contributed by atoms with Crippen LogP contribution in [0.4, 0.5) is 0 Å². The van der Waals surface area contributed by atoms with E-state index in [4.69, 9.17) is 31.0 Å². The molecule has 0 atom stereocenters. The molecule has 0 spiro atoms. The van der Waals surface area contributed by atoms with Gasteiger partial charge in [-0.3, -0.25) is 4.57 Å². The highest BCUT2D eigenvalue weighted by molar-refractivity contribution is 6.37. The van der Waals surface area contributed by atoms with Gasteiger partial charge in [-0.2, -0.15) is 9.97 Å². The number of nitrogens with zero attached hydrogens (tertiary/aromatic N) is 4. The summed E-state index contributed by atoms with van der Waals surface area (Å²) in [6.07, 6.45) is 0. The molecule has 6 heteroatoms. The van der Waals surface area contributed by atoms with Gasteiger partial charge in [0.05, 0.1) is 16.1 Å². The fraction of sp³-hybridized carbons (Fsp3) is 0. The Morgan fingerprint density at radius 2 is 1.02 bits per heavy atom. The fourth-order valence-corrected chi connectivity index (χ4v) is 7.38. The molecule has 51 heavy (non-hydrogen) atoms. The molecule has 0 aliphatic carbocycles. The SMILES string of the molecule is Clc1cccc2oc3ccc(-c4ccc5c(c4)c4ccccc4n5-c4nc(-c5ccccc5)nc(-c5cccc(-c6ccccc6)c5)n4)cc3c12. The summed E-state index contributed by atoms with van der Waals surface area (Å²) in [5.41, 5.74) is 9.87. The van der Waals surface area contributed by atoms with Crippen LogP contribution in [0, 0.1) is 0 Å². The lowest BCUT2D eigenvalue weighted by molar-refractivity contribution is 0.669. The van der Waals surface area contributed by atoms with Crippen molar-refractivity contribution in [3.63, 3.8) is 0 Å². The van der Waals surface area contributed by atoms with Crippen LogP contribution in [-0.2, 0) is 0 Å². The molecule has 0 aliphatic heterocycles. The molecule has 10 aromatic rings. The zero-order valence-corrected chi connectivity index (χ0v) is 27.9. The molecule has 5 nitrogen and oxygen atoms in total. The van der Waals surface area contributed by atoms with Crippen molar-refractivity contribution in [2.75, 3.05) is 0 Å². The van der Waals surface area contributed by atoms with Crippen LogP contribution in [0.25, 0.3) is 94.7 Å². The number of aromatic nitrogens is 4. The zero-order valence-electron chi connectivity index (χ0n) is 27.2. The van der Waals surface area contributed by atoms with E-state index < -0.39 is 0 Å². The average Bonchev–Trinajstić information content (AvgIpc) is 3.74. The monoisotopic (exact) mass is 674 g/mol. The molecular weight excluding hydrogens is 648 g/mol. The maximum atomic E-state index is 6.64. The lowest BCUT2D eigenvalue weighted by Gasteiger charge is -2.12. The average molecular weight is 675 g/mol. The summed E-state index contributed by atoms with van der Waals surface area (Å²) in [5.74, 6) is 1.78. The second-order valence-corrected chi connectivity index (χ2v) is 13.0. The van der Waals surface area contributed by atoms with E-state index in [0.717, 1.165) is 77.1 Å². The van der Waals surface area contributed by atoms with Gasteiger partial charge in [0.15, 0.2) is 11.6 Å². The van der Waals surface area contributed by atoms with E-state index in [1.807, 2.05) is 60.7 Å². The molecule has 10 rings (SSSR count). The summed E-state index contributed by atoms with van der Waals surface area (Å²) in [4.78, 5) is 15.3. The Labute approximate surface area is 298 Å². The molecule has 0 fully saturated rings. The molecule has 3 aromatic heterocycles. The molecule has 0 amide bonds. The van der Waals surface area contributed by atoms with Crippen molar-refractivity contribution in [3.8, 4) is 51.0 Å². The van der Waals surface area contributed by atoms with Crippen molar-refractivity contribution in [2.45, 2.75) is 0 Å². The van der Waals surface area contributed by atoms with Crippen molar-refractivity contribution in [3.05, 3.63) is 169 Å². The predicted octanol–water partition coefficient (Wildman–Crippen LogP) is 12.2. The highest BCUT2D eigenvalue weighted by Crippen LogP contribution is 2.39. The van der Waals surface area contributed by atoms with Gasteiger partial charge in [-0.15, -0.1) is 0 Å². The first kappa shape index (κ1) is 29.4. The second-order valence-electron chi connectivity index (χ2n) is 12.6. The number of fused-ring (bicyclic) bond motifs is 6. The zero-order chi connectivity index (χ0) is 33.9. The minimum absolute atomic E-state index is 0.559. The van der Waals surface area contributed by atoms with Crippen LogP contribution >= 0.6 is 11.6 Å². The van der Waals surface area contributed by atoms with Gasteiger partial charge in [-0.05, 0) is 70.8 Å². The number of halogens is 1. The molecule has 0 bridgehead atoms. The molecule has 0 aliphatic rings. The second kappa shape index (κ2) is 11.8. The fourth-order valence-electron chi connectivity index (χ4n) is 7.11. The number of para-hydroxylation sites is 1. The first-order chi connectivity index (χ1) is 25.2. The van der Waals surface area contributed by atoms with Crippen LogP contribution in [0.1, 0.15) is 0 Å². The number of benzene rings is 7. The summed E-state index contributed by atoms with van der Waals surface area (Å²) in [5, 5.41) is 4.83. The van der Waals surface area contributed by atoms with Gasteiger partial charge in [0, 0.05) is 32.7 Å². The summed E-state index contributed by atoms with van der Waals surface area (Å²) in [6, 6.07) is 55.9. The third kappa shape index (κ3) is 4.98. The van der Waals surface area contributed by atoms with E-state index >= 15 is 0 Å².